The van der Waals surface area contributed by atoms with Gasteiger partial charge in [-0.15, -0.1) is 11.3 Å². The molecule has 0 aliphatic heterocycles. The molecule has 1 N–H and O–H groups in total. The maximum absolute atomic E-state index is 12.0. The second-order valence-electron chi connectivity index (χ2n) is 5.87. The topological polar surface area (TPSA) is 76.1 Å². The van der Waals surface area contributed by atoms with Crippen molar-refractivity contribution in [1.29, 1.82) is 0 Å². The molecule has 0 unspecified atom stereocenters. The Balaban J connectivity index is 1.93. The molecular weight excluding hydrogens is 415 g/mol. The van der Waals surface area contributed by atoms with Crippen molar-refractivity contribution in [2.75, 3.05) is 16.8 Å². The van der Waals surface area contributed by atoms with E-state index in [2.05, 4.69) is 10.3 Å². The minimum Gasteiger partial charge on any atom is -0.301 e. The number of carbonyl (C=O) groups excluding carboxylic acids is 1. The van der Waals surface area contributed by atoms with Crippen LogP contribution in [-0.4, -0.2) is 30.8 Å². The molecule has 0 aliphatic rings. The molecule has 1 amide bonds. The average Bonchev–Trinajstić information content (AvgIpc) is 2.98. The number of rotatable bonds is 9. The van der Waals surface area contributed by atoms with Crippen molar-refractivity contribution >= 4 is 55.4 Å². The molecule has 1 aromatic carbocycles. The highest BCUT2D eigenvalue weighted by molar-refractivity contribution is 7.92. The molecular formula is C17H20Cl2N2O3S2. The molecule has 0 atom stereocenters. The van der Waals surface area contributed by atoms with Crippen LogP contribution >= 0.6 is 34.5 Å². The average molecular weight is 435 g/mol. The van der Waals surface area contributed by atoms with Gasteiger partial charge < -0.3 is 5.32 Å². The number of hydrogen-bond acceptors (Lipinski definition) is 5. The molecule has 0 fully saturated rings. The summed E-state index contributed by atoms with van der Waals surface area (Å²) in [6.07, 6.45) is 4.51. The molecule has 0 saturated carbocycles. The van der Waals surface area contributed by atoms with Gasteiger partial charge in [-0.2, -0.15) is 0 Å². The second-order valence-corrected chi connectivity index (χ2v) is 9.95. The zero-order valence-electron chi connectivity index (χ0n) is 14.3. The number of amides is 1. The zero-order valence-corrected chi connectivity index (χ0v) is 17.4. The van der Waals surface area contributed by atoms with Gasteiger partial charge in [0.2, 0.25) is 5.91 Å². The molecule has 5 nitrogen and oxygen atoms in total. The van der Waals surface area contributed by atoms with Crippen LogP contribution in [0, 0.1) is 0 Å². The van der Waals surface area contributed by atoms with E-state index in [9.17, 15) is 13.2 Å². The normalized spacial score (nSPS) is 11.5. The summed E-state index contributed by atoms with van der Waals surface area (Å²) in [5.74, 6) is -1.06. The number of nitrogens with one attached hydrogen (secondary N) is 1. The highest BCUT2D eigenvalue weighted by atomic mass is 35.5. The standard InChI is InChI=1S/C17H20Cl2N2O3S2/c1-2-3-4-8-26(23,24)11-15(22)21-17-20-10-13(25-17)9-12-6-5-7-14(18)16(12)19/h5-7,10H,2-4,8-9,11H2,1H3,(H,20,21,22). The minimum atomic E-state index is -3.39. The van der Waals surface area contributed by atoms with E-state index in [0.717, 1.165) is 23.3 Å². The lowest BCUT2D eigenvalue weighted by molar-refractivity contribution is -0.113. The van der Waals surface area contributed by atoms with Gasteiger partial charge in [0.15, 0.2) is 15.0 Å². The second kappa shape index (κ2) is 9.69. The third-order valence-corrected chi connectivity index (χ3v) is 6.99. The first-order chi connectivity index (χ1) is 12.3. The highest BCUT2D eigenvalue weighted by Crippen LogP contribution is 2.29. The summed E-state index contributed by atoms with van der Waals surface area (Å²) in [5, 5.41) is 3.89. The first kappa shape index (κ1) is 21.2. The molecule has 0 aliphatic carbocycles. The lowest BCUT2D eigenvalue weighted by atomic mass is 10.1. The maximum atomic E-state index is 12.0. The van der Waals surface area contributed by atoms with E-state index in [4.69, 9.17) is 23.2 Å². The minimum absolute atomic E-state index is 0.0324. The lowest BCUT2D eigenvalue weighted by Gasteiger charge is -2.04. The maximum Gasteiger partial charge on any atom is 0.241 e. The Hall–Kier alpha value is -1.15. The van der Waals surface area contributed by atoms with Crippen LogP contribution in [-0.2, 0) is 21.1 Å². The number of benzene rings is 1. The quantitative estimate of drug-likeness (QED) is 0.585. The van der Waals surface area contributed by atoms with E-state index in [1.807, 2.05) is 19.1 Å². The van der Waals surface area contributed by atoms with E-state index >= 15 is 0 Å². The number of carbonyl (C=O) groups is 1. The molecule has 2 aromatic rings. The zero-order chi connectivity index (χ0) is 19.2. The molecule has 26 heavy (non-hydrogen) atoms. The van der Waals surface area contributed by atoms with Crippen molar-refractivity contribution in [1.82, 2.24) is 4.98 Å². The monoisotopic (exact) mass is 434 g/mol. The Morgan fingerprint density at radius 3 is 2.77 bits per heavy atom. The number of aromatic nitrogens is 1. The Morgan fingerprint density at radius 2 is 2.04 bits per heavy atom. The number of anilines is 1. The first-order valence-electron chi connectivity index (χ1n) is 8.18. The third-order valence-electron chi connectivity index (χ3n) is 3.61. The predicted molar refractivity (Wildman–Crippen MR) is 108 cm³/mol. The summed E-state index contributed by atoms with van der Waals surface area (Å²) in [5.41, 5.74) is 0.860. The van der Waals surface area contributed by atoms with Gasteiger partial charge in [0.25, 0.3) is 0 Å². The van der Waals surface area contributed by atoms with Crippen molar-refractivity contribution in [3.8, 4) is 0 Å². The summed E-state index contributed by atoms with van der Waals surface area (Å²) >= 11 is 13.5. The summed E-state index contributed by atoms with van der Waals surface area (Å²) in [6.45, 7) is 2.00. The van der Waals surface area contributed by atoms with Crippen LogP contribution in [0.3, 0.4) is 0 Å². The van der Waals surface area contributed by atoms with E-state index in [1.165, 1.54) is 11.3 Å². The Morgan fingerprint density at radius 1 is 1.27 bits per heavy atom. The van der Waals surface area contributed by atoms with Gasteiger partial charge in [-0.3, -0.25) is 4.79 Å². The first-order valence-corrected chi connectivity index (χ1v) is 11.6. The van der Waals surface area contributed by atoms with Crippen molar-refractivity contribution in [2.24, 2.45) is 0 Å². The Bertz CT molecular complexity index is 867. The van der Waals surface area contributed by atoms with E-state index in [0.29, 0.717) is 28.0 Å². The van der Waals surface area contributed by atoms with Crippen LogP contribution < -0.4 is 5.32 Å². The van der Waals surface area contributed by atoms with Gasteiger partial charge in [0.1, 0.15) is 5.75 Å². The van der Waals surface area contributed by atoms with Gasteiger partial charge in [0.05, 0.1) is 15.8 Å². The van der Waals surface area contributed by atoms with Gasteiger partial charge >= 0.3 is 0 Å². The van der Waals surface area contributed by atoms with Gasteiger partial charge in [-0.25, -0.2) is 13.4 Å². The van der Waals surface area contributed by atoms with E-state index in [-0.39, 0.29) is 5.75 Å². The van der Waals surface area contributed by atoms with Crippen LogP contribution in [0.1, 0.15) is 36.6 Å². The van der Waals surface area contributed by atoms with Crippen LogP contribution in [0.15, 0.2) is 24.4 Å². The lowest BCUT2D eigenvalue weighted by Crippen LogP contribution is -2.24. The number of sulfone groups is 1. The van der Waals surface area contributed by atoms with Crippen LogP contribution in [0.2, 0.25) is 10.0 Å². The summed E-state index contributed by atoms with van der Waals surface area (Å²) in [7, 11) is -3.39. The molecule has 0 saturated heterocycles. The summed E-state index contributed by atoms with van der Waals surface area (Å²) in [4.78, 5) is 17.0. The fraction of sp³-hybridized carbons (Fsp3) is 0.412. The van der Waals surface area contributed by atoms with Gasteiger partial charge in [-0.05, 0) is 18.1 Å². The summed E-state index contributed by atoms with van der Waals surface area (Å²) < 4.78 is 23.8. The summed E-state index contributed by atoms with van der Waals surface area (Å²) in [6, 6.07) is 5.40. The van der Waals surface area contributed by atoms with E-state index < -0.39 is 21.5 Å². The van der Waals surface area contributed by atoms with Crippen molar-refractivity contribution in [3.63, 3.8) is 0 Å². The molecule has 2 rings (SSSR count). The molecule has 1 aromatic heterocycles. The number of halogens is 2. The SMILES string of the molecule is CCCCCS(=O)(=O)CC(=O)Nc1ncc(Cc2cccc(Cl)c2Cl)s1. The largest absolute Gasteiger partial charge is 0.301 e. The van der Waals surface area contributed by atoms with E-state index in [1.54, 1.807) is 12.3 Å². The molecule has 9 heteroatoms. The fourth-order valence-electron chi connectivity index (χ4n) is 2.32. The van der Waals surface area contributed by atoms with Crippen molar-refractivity contribution in [3.05, 3.63) is 44.9 Å². The van der Waals surface area contributed by atoms with Gasteiger partial charge in [-0.1, -0.05) is 55.1 Å². The fourth-order valence-corrected chi connectivity index (χ4v) is 4.82. The smallest absolute Gasteiger partial charge is 0.241 e. The van der Waals surface area contributed by atoms with Crippen LogP contribution in [0.5, 0.6) is 0 Å². The molecule has 0 spiro atoms. The number of hydrogen-bond donors (Lipinski definition) is 1. The third kappa shape index (κ3) is 6.54. The molecule has 1 heterocycles. The molecule has 0 bridgehead atoms. The molecule has 0 radical (unpaired) electrons. The number of nitrogens with zero attached hydrogens (tertiary/aromatic N) is 1. The van der Waals surface area contributed by atoms with Crippen molar-refractivity contribution in [2.45, 2.75) is 32.6 Å². The van der Waals surface area contributed by atoms with Crippen LogP contribution in [0.4, 0.5) is 5.13 Å². The molecule has 142 valence electrons. The Kier molecular flexibility index (Phi) is 7.88. The van der Waals surface area contributed by atoms with Crippen LogP contribution in [0.25, 0.3) is 0 Å². The number of thiazole rings is 1. The highest BCUT2D eigenvalue weighted by Gasteiger charge is 2.17. The van der Waals surface area contributed by atoms with Gasteiger partial charge in [0, 0.05) is 17.5 Å². The predicted octanol–water partition coefficient (Wildman–Crippen LogP) is 4.58. The number of unbranched alkanes of at least 4 members (excludes halogenated alkanes) is 2. The Labute approximate surface area is 167 Å². The van der Waals surface area contributed by atoms with Crippen molar-refractivity contribution < 1.29 is 13.2 Å².